The minimum atomic E-state index is -3.97. The van der Waals surface area contributed by atoms with E-state index in [1.54, 1.807) is 0 Å². The molecule has 1 aliphatic rings. The number of rotatable bonds is 3. The molecule has 21 heavy (non-hydrogen) atoms. The molecule has 0 saturated heterocycles. The van der Waals surface area contributed by atoms with Crippen molar-refractivity contribution in [1.29, 1.82) is 0 Å². The van der Waals surface area contributed by atoms with Crippen LogP contribution in [0.1, 0.15) is 33.1 Å². The second-order valence-electron chi connectivity index (χ2n) is 5.89. The van der Waals surface area contributed by atoms with E-state index in [0.717, 1.165) is 25.3 Å². The number of halogens is 2. The van der Waals surface area contributed by atoms with Gasteiger partial charge >= 0.3 is 0 Å². The van der Waals surface area contributed by atoms with E-state index in [1.165, 1.54) is 6.07 Å². The molecule has 1 aromatic carbocycles. The first-order valence-electron chi connectivity index (χ1n) is 6.97. The van der Waals surface area contributed by atoms with Gasteiger partial charge in [0.05, 0.1) is 5.69 Å². The number of nitrogen functional groups attached to an aromatic ring is 1. The van der Waals surface area contributed by atoms with Gasteiger partial charge in [0.2, 0.25) is 10.0 Å². The fourth-order valence-corrected chi connectivity index (χ4v) is 4.42. The molecule has 0 bridgehead atoms. The molecule has 2 rings (SSSR count). The van der Waals surface area contributed by atoms with Crippen LogP contribution in [0.4, 0.5) is 10.1 Å². The molecule has 0 heterocycles. The third kappa shape index (κ3) is 3.67. The van der Waals surface area contributed by atoms with Crippen LogP contribution < -0.4 is 10.5 Å². The summed E-state index contributed by atoms with van der Waals surface area (Å²) in [6.07, 6.45) is 2.45. The molecular formula is C14H20ClFN2O2S. The van der Waals surface area contributed by atoms with E-state index < -0.39 is 20.7 Å². The lowest BCUT2D eigenvalue weighted by molar-refractivity contribution is 0.241. The van der Waals surface area contributed by atoms with Crippen molar-refractivity contribution < 1.29 is 12.8 Å². The summed E-state index contributed by atoms with van der Waals surface area (Å²) in [5.41, 5.74) is 5.17. The summed E-state index contributed by atoms with van der Waals surface area (Å²) in [6, 6.07) is 2.10. The fourth-order valence-electron chi connectivity index (χ4n) is 2.72. The molecule has 3 atom stereocenters. The van der Waals surface area contributed by atoms with Gasteiger partial charge in [0.1, 0.15) is 4.90 Å². The lowest BCUT2D eigenvalue weighted by Crippen LogP contribution is -2.40. The molecule has 1 fully saturated rings. The lowest BCUT2D eigenvalue weighted by Gasteiger charge is -2.32. The third-order valence-electron chi connectivity index (χ3n) is 4.24. The van der Waals surface area contributed by atoms with Crippen molar-refractivity contribution in [2.45, 2.75) is 44.0 Å². The van der Waals surface area contributed by atoms with Gasteiger partial charge in [-0.1, -0.05) is 25.4 Å². The average molecular weight is 335 g/mol. The molecule has 1 saturated carbocycles. The Labute approximate surface area is 129 Å². The van der Waals surface area contributed by atoms with Gasteiger partial charge in [-0.25, -0.2) is 17.5 Å². The number of hydrogen-bond acceptors (Lipinski definition) is 3. The maximum atomic E-state index is 14.0. The van der Waals surface area contributed by atoms with Crippen LogP contribution in [0.2, 0.25) is 5.02 Å². The Balaban J connectivity index is 2.23. The Kier molecular flexibility index (Phi) is 4.80. The number of benzene rings is 1. The Morgan fingerprint density at radius 3 is 2.57 bits per heavy atom. The predicted molar refractivity (Wildman–Crippen MR) is 82.1 cm³/mol. The molecule has 4 nitrogen and oxygen atoms in total. The summed E-state index contributed by atoms with van der Waals surface area (Å²) in [5, 5.41) is 0.0971. The summed E-state index contributed by atoms with van der Waals surface area (Å²) in [5.74, 6) is 0.0501. The maximum absolute atomic E-state index is 14.0. The molecule has 118 valence electrons. The molecular weight excluding hydrogens is 315 g/mol. The largest absolute Gasteiger partial charge is 0.396 e. The molecule has 1 aliphatic carbocycles. The highest BCUT2D eigenvalue weighted by Crippen LogP contribution is 2.31. The highest BCUT2D eigenvalue weighted by atomic mass is 35.5. The van der Waals surface area contributed by atoms with Gasteiger partial charge in [0.15, 0.2) is 5.82 Å². The summed E-state index contributed by atoms with van der Waals surface area (Å²) >= 11 is 5.77. The topological polar surface area (TPSA) is 72.2 Å². The fraction of sp³-hybridized carbons (Fsp3) is 0.571. The highest BCUT2D eigenvalue weighted by molar-refractivity contribution is 7.89. The van der Waals surface area contributed by atoms with E-state index in [-0.39, 0.29) is 16.8 Å². The van der Waals surface area contributed by atoms with Gasteiger partial charge in [-0.05, 0) is 43.2 Å². The molecule has 0 amide bonds. The lowest BCUT2D eigenvalue weighted by atomic mass is 9.79. The summed E-state index contributed by atoms with van der Waals surface area (Å²) in [4.78, 5) is -0.487. The van der Waals surface area contributed by atoms with Crippen LogP contribution >= 0.6 is 11.6 Å². The minimum absolute atomic E-state index is 0.0971. The van der Waals surface area contributed by atoms with Gasteiger partial charge in [-0.3, -0.25) is 0 Å². The van der Waals surface area contributed by atoms with Gasteiger partial charge in [-0.2, -0.15) is 0 Å². The Morgan fingerprint density at radius 2 is 1.95 bits per heavy atom. The molecule has 0 aliphatic heterocycles. The zero-order valence-electron chi connectivity index (χ0n) is 12.1. The zero-order chi connectivity index (χ0) is 15.8. The summed E-state index contributed by atoms with van der Waals surface area (Å²) in [7, 11) is -3.97. The van der Waals surface area contributed by atoms with Crippen molar-refractivity contribution in [3.63, 3.8) is 0 Å². The van der Waals surface area contributed by atoms with E-state index in [2.05, 4.69) is 18.6 Å². The number of nitrogens with one attached hydrogen (secondary N) is 1. The number of hydrogen-bond donors (Lipinski definition) is 2. The minimum Gasteiger partial charge on any atom is -0.396 e. The number of sulfonamides is 1. The van der Waals surface area contributed by atoms with Gasteiger partial charge in [0.25, 0.3) is 0 Å². The van der Waals surface area contributed by atoms with Crippen LogP contribution in [-0.2, 0) is 10.0 Å². The van der Waals surface area contributed by atoms with Crippen LogP contribution in [-0.4, -0.2) is 14.5 Å². The van der Waals surface area contributed by atoms with E-state index >= 15 is 0 Å². The smallest absolute Gasteiger partial charge is 0.243 e. The first-order valence-corrected chi connectivity index (χ1v) is 8.83. The SMILES string of the molecule is CC1CCC(NS(=O)(=O)c2cc(Cl)cc(N)c2F)CC1C. The van der Waals surface area contributed by atoms with E-state index in [1.807, 2.05) is 0 Å². The van der Waals surface area contributed by atoms with Gasteiger partial charge in [0, 0.05) is 11.1 Å². The van der Waals surface area contributed by atoms with Crippen molar-refractivity contribution in [2.75, 3.05) is 5.73 Å². The molecule has 7 heteroatoms. The van der Waals surface area contributed by atoms with Crippen LogP contribution in [0.25, 0.3) is 0 Å². The zero-order valence-corrected chi connectivity index (χ0v) is 13.6. The maximum Gasteiger partial charge on any atom is 0.243 e. The molecule has 3 N–H and O–H groups in total. The Bertz CT molecular complexity index is 636. The quantitative estimate of drug-likeness (QED) is 0.834. The van der Waals surface area contributed by atoms with Crippen molar-refractivity contribution in [3.05, 3.63) is 23.0 Å². The van der Waals surface area contributed by atoms with E-state index in [4.69, 9.17) is 17.3 Å². The highest BCUT2D eigenvalue weighted by Gasteiger charge is 2.30. The predicted octanol–water partition coefficient (Wildman–Crippen LogP) is 3.16. The van der Waals surface area contributed by atoms with Crippen molar-refractivity contribution in [1.82, 2.24) is 4.72 Å². The van der Waals surface area contributed by atoms with E-state index in [0.29, 0.717) is 11.8 Å². The standard InChI is InChI=1S/C14H20ClFN2O2S/c1-8-3-4-11(5-9(8)2)18-21(19,20)13-7-10(15)6-12(17)14(13)16/h6-9,11,18H,3-5,17H2,1-2H3. The van der Waals surface area contributed by atoms with Gasteiger partial charge < -0.3 is 5.73 Å². The first-order chi connectivity index (χ1) is 9.70. The third-order valence-corrected chi connectivity index (χ3v) is 5.98. The van der Waals surface area contributed by atoms with Crippen LogP contribution in [0.3, 0.4) is 0 Å². The second-order valence-corrected chi connectivity index (χ2v) is 8.01. The van der Waals surface area contributed by atoms with Crippen molar-refractivity contribution >= 4 is 27.3 Å². The van der Waals surface area contributed by atoms with Crippen molar-refractivity contribution in [2.24, 2.45) is 11.8 Å². The summed E-state index contributed by atoms with van der Waals surface area (Å²) < 4.78 is 41.2. The summed E-state index contributed by atoms with van der Waals surface area (Å²) in [6.45, 7) is 4.26. The van der Waals surface area contributed by atoms with Crippen molar-refractivity contribution in [3.8, 4) is 0 Å². The van der Waals surface area contributed by atoms with Crippen LogP contribution in [0, 0.1) is 17.7 Å². The molecule has 0 aromatic heterocycles. The molecule has 0 radical (unpaired) electrons. The Hall–Kier alpha value is -0.850. The molecule has 0 spiro atoms. The molecule has 1 aromatic rings. The second kappa shape index (κ2) is 6.10. The first kappa shape index (κ1) is 16.5. The van der Waals surface area contributed by atoms with Gasteiger partial charge in [-0.15, -0.1) is 0 Å². The van der Waals surface area contributed by atoms with E-state index in [9.17, 15) is 12.8 Å². The Morgan fingerprint density at radius 1 is 1.29 bits per heavy atom. The average Bonchev–Trinajstić information content (AvgIpc) is 2.37. The monoisotopic (exact) mass is 334 g/mol. The number of nitrogens with two attached hydrogens (primary N) is 1. The number of anilines is 1. The normalized spacial score (nSPS) is 26.8. The molecule has 3 unspecified atom stereocenters. The van der Waals surface area contributed by atoms with Crippen LogP contribution in [0.5, 0.6) is 0 Å². The van der Waals surface area contributed by atoms with Crippen LogP contribution in [0.15, 0.2) is 17.0 Å².